The highest BCUT2D eigenvalue weighted by molar-refractivity contribution is 8.00. The van der Waals surface area contributed by atoms with Crippen molar-refractivity contribution < 1.29 is 4.79 Å². The molecule has 0 atom stereocenters. The van der Waals surface area contributed by atoms with Gasteiger partial charge in [0.1, 0.15) is 10.0 Å². The summed E-state index contributed by atoms with van der Waals surface area (Å²) in [7, 11) is 3.45. The van der Waals surface area contributed by atoms with E-state index in [1.165, 1.54) is 39.6 Å². The minimum absolute atomic E-state index is 0.0926. The van der Waals surface area contributed by atoms with Gasteiger partial charge in [-0.3, -0.25) is 4.79 Å². The number of aromatic nitrogens is 4. The summed E-state index contributed by atoms with van der Waals surface area (Å²) in [6.07, 6.45) is 0. The minimum atomic E-state index is 0.0926. The lowest BCUT2D eigenvalue weighted by Gasteiger charge is -2.16. The molecule has 2 aromatic heterocycles. The third-order valence-corrected chi connectivity index (χ3v) is 8.61. The van der Waals surface area contributed by atoms with Crippen LogP contribution < -0.4 is 0 Å². The molecular weight excluding hydrogens is 467 g/mol. The fraction of sp³-hybridized carbons (Fsp3) is 0.476. The van der Waals surface area contributed by atoms with Crippen molar-refractivity contribution in [1.82, 2.24) is 25.3 Å². The number of carbonyl (C=O) groups excluding carboxylic acids is 1. The molecule has 168 valence electrons. The average Bonchev–Trinajstić information content (AvgIpc) is 3.29. The van der Waals surface area contributed by atoms with Gasteiger partial charge < -0.3 is 4.90 Å². The van der Waals surface area contributed by atoms with Gasteiger partial charge >= 0.3 is 0 Å². The van der Waals surface area contributed by atoms with Crippen molar-refractivity contribution in [3.8, 4) is 0 Å². The summed E-state index contributed by atoms with van der Waals surface area (Å²) >= 11 is 6.86. The van der Waals surface area contributed by atoms with Gasteiger partial charge in [-0.15, -0.1) is 20.4 Å². The predicted octanol–water partition coefficient (Wildman–Crippen LogP) is 5.61. The highest BCUT2D eigenvalue weighted by Gasteiger charge is 2.14. The average molecular weight is 496 g/mol. The van der Waals surface area contributed by atoms with Gasteiger partial charge in [-0.25, -0.2) is 0 Å². The molecule has 0 aliphatic carbocycles. The second-order valence-corrected chi connectivity index (χ2v) is 12.1. The molecule has 0 saturated heterocycles. The molecule has 1 amide bonds. The summed E-state index contributed by atoms with van der Waals surface area (Å²) in [6, 6.07) is 2.30. The van der Waals surface area contributed by atoms with Crippen LogP contribution in [0.1, 0.15) is 44.8 Å². The van der Waals surface area contributed by atoms with Crippen LogP contribution in [0.3, 0.4) is 0 Å². The van der Waals surface area contributed by atoms with Gasteiger partial charge in [-0.2, -0.15) is 0 Å². The van der Waals surface area contributed by atoms with Crippen molar-refractivity contribution in [2.45, 2.75) is 61.7 Å². The van der Waals surface area contributed by atoms with Crippen LogP contribution in [-0.4, -0.2) is 45.3 Å². The van der Waals surface area contributed by atoms with Gasteiger partial charge in [0.05, 0.1) is 0 Å². The molecule has 10 heteroatoms. The highest BCUT2D eigenvalue weighted by atomic mass is 32.2. The van der Waals surface area contributed by atoms with Crippen LogP contribution in [0.2, 0.25) is 0 Å². The first-order valence-electron chi connectivity index (χ1n) is 9.70. The molecule has 6 nitrogen and oxygen atoms in total. The van der Waals surface area contributed by atoms with E-state index in [0.29, 0.717) is 0 Å². The number of carbonyl (C=O) groups is 1. The third kappa shape index (κ3) is 7.85. The van der Waals surface area contributed by atoms with E-state index in [1.54, 1.807) is 60.3 Å². The number of aryl methyl sites for hydroxylation is 4. The number of hydrogen-bond donors (Lipinski definition) is 0. The van der Waals surface area contributed by atoms with E-state index < -0.39 is 0 Å². The maximum Gasteiger partial charge on any atom is 0.218 e. The van der Waals surface area contributed by atoms with E-state index >= 15 is 0 Å². The molecule has 31 heavy (non-hydrogen) atoms. The summed E-state index contributed by atoms with van der Waals surface area (Å²) in [5.41, 5.74) is 6.91. The molecule has 0 aliphatic heterocycles. The van der Waals surface area contributed by atoms with E-state index in [1.807, 2.05) is 13.8 Å². The topological polar surface area (TPSA) is 71.9 Å². The molecule has 0 radical (unpaired) electrons. The first kappa shape index (κ1) is 25.8. The quantitative estimate of drug-likeness (QED) is 0.412. The van der Waals surface area contributed by atoms with Gasteiger partial charge in [0, 0.05) is 32.5 Å². The standard InChI is InChI=1S/C17H20N4S4.C4H9NO/c1-9-6-10(2)15(8-23-17-21-19-13(5)25-17)11(3)14(9)7-22-16-20-18-12(4)24-16;1-4(6)5(2)3/h6H,7-8H2,1-5H3;1-3H3. The first-order valence-corrected chi connectivity index (χ1v) is 13.3. The maximum atomic E-state index is 10.1. The number of thioether (sulfide) groups is 2. The van der Waals surface area contributed by atoms with E-state index in [-0.39, 0.29) is 5.91 Å². The number of benzene rings is 1. The molecule has 0 aliphatic rings. The van der Waals surface area contributed by atoms with Crippen LogP contribution >= 0.6 is 46.2 Å². The van der Waals surface area contributed by atoms with E-state index in [0.717, 1.165) is 30.2 Å². The fourth-order valence-electron chi connectivity index (χ4n) is 2.66. The Morgan fingerprint density at radius 1 is 0.839 bits per heavy atom. The molecule has 0 saturated carbocycles. The molecule has 0 N–H and O–H groups in total. The molecule has 2 heterocycles. The SMILES string of the molecule is CC(=O)N(C)C.Cc1nnc(SCc2c(C)cc(C)c(CSc3nnc(C)s3)c2C)s1. The van der Waals surface area contributed by atoms with Gasteiger partial charge in [0.25, 0.3) is 0 Å². The van der Waals surface area contributed by atoms with E-state index in [2.05, 4.69) is 47.2 Å². The summed E-state index contributed by atoms with van der Waals surface area (Å²) in [4.78, 5) is 11.6. The maximum absolute atomic E-state index is 10.1. The van der Waals surface area contributed by atoms with Crippen molar-refractivity contribution in [1.29, 1.82) is 0 Å². The monoisotopic (exact) mass is 495 g/mol. The van der Waals surface area contributed by atoms with Crippen LogP contribution in [0.15, 0.2) is 14.7 Å². The Balaban J connectivity index is 0.000000501. The lowest BCUT2D eigenvalue weighted by atomic mass is 9.95. The fourth-order valence-corrected chi connectivity index (χ4v) is 6.66. The van der Waals surface area contributed by atoms with Crippen LogP contribution in [-0.2, 0) is 16.3 Å². The zero-order valence-corrected chi connectivity index (χ0v) is 22.5. The third-order valence-electron chi connectivity index (χ3n) is 4.62. The Hall–Kier alpha value is -1.49. The zero-order chi connectivity index (χ0) is 23.1. The van der Waals surface area contributed by atoms with Crippen molar-refractivity contribution >= 4 is 52.1 Å². The minimum Gasteiger partial charge on any atom is -0.349 e. The molecule has 3 aromatic rings. The van der Waals surface area contributed by atoms with E-state index in [9.17, 15) is 4.79 Å². The summed E-state index contributed by atoms with van der Waals surface area (Å²) in [6.45, 7) is 12.2. The normalized spacial score (nSPS) is 10.6. The molecule has 0 bridgehead atoms. The Bertz CT molecular complexity index is 960. The lowest BCUT2D eigenvalue weighted by molar-refractivity contribution is -0.126. The number of nitrogens with zero attached hydrogens (tertiary/aromatic N) is 5. The number of rotatable bonds is 6. The molecule has 3 rings (SSSR count). The summed E-state index contributed by atoms with van der Waals surface area (Å²) < 4.78 is 2.08. The molecular formula is C21H29N5OS4. The van der Waals surface area contributed by atoms with Crippen LogP contribution in [0, 0.1) is 34.6 Å². The molecule has 1 aromatic carbocycles. The Morgan fingerprint density at radius 3 is 1.52 bits per heavy atom. The zero-order valence-electron chi connectivity index (χ0n) is 19.3. The van der Waals surface area contributed by atoms with E-state index in [4.69, 9.17) is 0 Å². The molecule has 0 spiro atoms. The van der Waals surface area contributed by atoms with Gasteiger partial charge in [-0.05, 0) is 62.4 Å². The van der Waals surface area contributed by atoms with Crippen molar-refractivity contribution in [3.05, 3.63) is 43.9 Å². The Morgan fingerprint density at radius 2 is 1.23 bits per heavy atom. The smallest absolute Gasteiger partial charge is 0.218 e. The van der Waals surface area contributed by atoms with Gasteiger partial charge in [0.2, 0.25) is 5.91 Å². The van der Waals surface area contributed by atoms with Crippen molar-refractivity contribution in [2.75, 3.05) is 14.1 Å². The first-order chi connectivity index (χ1) is 14.6. The number of hydrogen-bond acceptors (Lipinski definition) is 9. The molecule has 0 fully saturated rings. The lowest BCUT2D eigenvalue weighted by Crippen LogP contribution is -2.17. The summed E-state index contributed by atoms with van der Waals surface area (Å²) in [5.74, 6) is 1.96. The Labute approximate surface area is 201 Å². The second-order valence-electron chi connectivity index (χ2n) is 7.26. The second kappa shape index (κ2) is 11.9. The van der Waals surface area contributed by atoms with Crippen LogP contribution in [0.25, 0.3) is 0 Å². The highest BCUT2D eigenvalue weighted by Crippen LogP contribution is 2.34. The largest absolute Gasteiger partial charge is 0.349 e. The Kier molecular flexibility index (Phi) is 9.92. The van der Waals surface area contributed by atoms with Crippen LogP contribution in [0.4, 0.5) is 0 Å². The van der Waals surface area contributed by atoms with Crippen molar-refractivity contribution in [3.63, 3.8) is 0 Å². The number of amides is 1. The van der Waals surface area contributed by atoms with Gasteiger partial charge in [0.15, 0.2) is 8.68 Å². The molecule has 0 unspecified atom stereocenters. The van der Waals surface area contributed by atoms with Gasteiger partial charge in [-0.1, -0.05) is 52.3 Å². The van der Waals surface area contributed by atoms with Crippen LogP contribution in [0.5, 0.6) is 0 Å². The summed E-state index contributed by atoms with van der Waals surface area (Å²) in [5, 5.41) is 18.7. The predicted molar refractivity (Wildman–Crippen MR) is 133 cm³/mol. The van der Waals surface area contributed by atoms with Crippen molar-refractivity contribution in [2.24, 2.45) is 0 Å².